The van der Waals surface area contributed by atoms with Gasteiger partial charge in [0.05, 0.1) is 29.1 Å². The molecule has 2 aromatic heterocycles. The Labute approximate surface area is 189 Å². The number of carbonyl (C=O) groups excluding carboxylic acids is 1. The molecule has 0 aliphatic carbocycles. The lowest BCUT2D eigenvalue weighted by molar-refractivity contribution is 0.0986. The third-order valence-corrected chi connectivity index (χ3v) is 6.24. The van der Waals surface area contributed by atoms with Gasteiger partial charge in [-0.2, -0.15) is 0 Å². The third-order valence-electron chi connectivity index (χ3n) is 5.20. The normalized spacial score (nSPS) is 11.0. The zero-order valence-corrected chi connectivity index (χ0v) is 18.4. The summed E-state index contributed by atoms with van der Waals surface area (Å²) in [5, 5.41) is 2.59. The first-order chi connectivity index (χ1) is 15.7. The summed E-state index contributed by atoms with van der Waals surface area (Å²) in [7, 11) is 0. The molecule has 2 heterocycles. The lowest BCUT2D eigenvalue weighted by atomic mass is 10.0. The number of ether oxygens (including phenoxy) is 1. The second-order valence-electron chi connectivity index (χ2n) is 7.30. The van der Waals surface area contributed by atoms with Crippen molar-refractivity contribution < 1.29 is 9.53 Å². The molecule has 0 atom stereocenters. The van der Waals surface area contributed by atoms with E-state index in [-0.39, 0.29) is 5.91 Å². The number of fused-ring (bicyclic) bond motifs is 2. The standard InChI is InChI=1S/C26H21N3O2S/c1-2-31-20-13-14-23-24(16-20)32-26(28-23)29(17-19-10-5-6-15-27-19)25(30)22-12-7-9-18-8-3-4-11-21(18)22/h3-16H,2,17H2,1H3. The molecule has 0 bridgehead atoms. The SMILES string of the molecule is CCOc1ccc2nc(N(Cc3ccccn3)C(=O)c3cccc4ccccc34)sc2c1. The molecular weight excluding hydrogens is 418 g/mol. The minimum Gasteiger partial charge on any atom is -0.494 e. The van der Waals surface area contributed by atoms with Crippen molar-refractivity contribution >= 4 is 43.4 Å². The van der Waals surface area contributed by atoms with Gasteiger partial charge in [0.25, 0.3) is 5.91 Å². The Morgan fingerprint density at radius 1 is 1.00 bits per heavy atom. The van der Waals surface area contributed by atoms with E-state index in [1.165, 1.54) is 11.3 Å². The van der Waals surface area contributed by atoms with E-state index in [1.54, 1.807) is 11.1 Å². The topological polar surface area (TPSA) is 55.3 Å². The van der Waals surface area contributed by atoms with Crippen molar-refractivity contribution in [1.82, 2.24) is 9.97 Å². The minimum absolute atomic E-state index is 0.100. The number of nitrogens with zero attached hydrogens (tertiary/aromatic N) is 3. The molecule has 0 saturated carbocycles. The zero-order valence-electron chi connectivity index (χ0n) is 17.6. The molecule has 0 radical (unpaired) electrons. The van der Waals surface area contributed by atoms with Gasteiger partial charge in [0.2, 0.25) is 0 Å². The summed E-state index contributed by atoms with van der Waals surface area (Å²) in [6.07, 6.45) is 1.74. The van der Waals surface area contributed by atoms with E-state index < -0.39 is 0 Å². The second kappa shape index (κ2) is 8.77. The van der Waals surface area contributed by atoms with E-state index in [0.29, 0.717) is 23.8 Å². The molecule has 0 saturated heterocycles. The summed E-state index contributed by atoms with van der Waals surface area (Å²) in [6, 6.07) is 25.3. The summed E-state index contributed by atoms with van der Waals surface area (Å²) in [6.45, 7) is 2.89. The largest absolute Gasteiger partial charge is 0.494 e. The van der Waals surface area contributed by atoms with E-state index in [0.717, 1.165) is 32.4 Å². The van der Waals surface area contributed by atoms with Crippen molar-refractivity contribution in [3.05, 3.63) is 96.3 Å². The summed E-state index contributed by atoms with van der Waals surface area (Å²) < 4.78 is 6.61. The van der Waals surface area contributed by atoms with Crippen LogP contribution in [0.25, 0.3) is 21.0 Å². The van der Waals surface area contributed by atoms with Gasteiger partial charge in [0.15, 0.2) is 5.13 Å². The van der Waals surface area contributed by atoms with Crippen LogP contribution in [0.5, 0.6) is 5.75 Å². The Hall–Kier alpha value is -3.77. The molecule has 5 nitrogen and oxygen atoms in total. The fourth-order valence-electron chi connectivity index (χ4n) is 3.70. The summed E-state index contributed by atoms with van der Waals surface area (Å²) >= 11 is 1.48. The Balaban J connectivity index is 1.60. The molecule has 0 aliphatic heterocycles. The van der Waals surface area contributed by atoms with Crippen LogP contribution < -0.4 is 9.64 Å². The second-order valence-corrected chi connectivity index (χ2v) is 8.31. The average molecular weight is 440 g/mol. The van der Waals surface area contributed by atoms with Crippen LogP contribution >= 0.6 is 11.3 Å². The van der Waals surface area contributed by atoms with Gasteiger partial charge in [-0.25, -0.2) is 4.98 Å². The van der Waals surface area contributed by atoms with E-state index in [9.17, 15) is 4.79 Å². The van der Waals surface area contributed by atoms with Gasteiger partial charge in [0, 0.05) is 11.8 Å². The van der Waals surface area contributed by atoms with Crippen LogP contribution in [0.15, 0.2) is 85.1 Å². The number of amides is 1. The summed E-state index contributed by atoms with van der Waals surface area (Å²) in [4.78, 5) is 24.8. The van der Waals surface area contributed by atoms with Crippen LogP contribution in [0.2, 0.25) is 0 Å². The van der Waals surface area contributed by atoms with Gasteiger partial charge >= 0.3 is 0 Å². The lowest BCUT2D eigenvalue weighted by Gasteiger charge is -2.20. The summed E-state index contributed by atoms with van der Waals surface area (Å²) in [5.74, 6) is 0.698. The summed E-state index contributed by atoms with van der Waals surface area (Å²) in [5.41, 5.74) is 2.29. The maximum atomic E-state index is 13.9. The molecule has 0 unspecified atom stereocenters. The Bertz CT molecular complexity index is 1390. The average Bonchev–Trinajstić information content (AvgIpc) is 3.26. The van der Waals surface area contributed by atoms with Gasteiger partial charge in [0.1, 0.15) is 5.75 Å². The molecule has 0 aliphatic rings. The number of rotatable bonds is 6. The van der Waals surface area contributed by atoms with Gasteiger partial charge in [-0.15, -0.1) is 0 Å². The number of aromatic nitrogens is 2. The van der Waals surface area contributed by atoms with Gasteiger partial charge in [-0.1, -0.05) is 53.8 Å². The lowest BCUT2D eigenvalue weighted by Crippen LogP contribution is -2.30. The van der Waals surface area contributed by atoms with Crippen LogP contribution in [0.4, 0.5) is 5.13 Å². The minimum atomic E-state index is -0.100. The molecule has 158 valence electrons. The number of pyridine rings is 1. The van der Waals surface area contributed by atoms with Crippen LogP contribution in [0.3, 0.4) is 0 Å². The van der Waals surface area contributed by atoms with Crippen molar-refractivity contribution in [3.8, 4) is 5.75 Å². The van der Waals surface area contributed by atoms with E-state index in [4.69, 9.17) is 9.72 Å². The van der Waals surface area contributed by atoms with E-state index >= 15 is 0 Å². The number of hydrogen-bond acceptors (Lipinski definition) is 5. The first-order valence-electron chi connectivity index (χ1n) is 10.5. The van der Waals surface area contributed by atoms with Crippen LogP contribution in [-0.2, 0) is 6.54 Å². The van der Waals surface area contributed by atoms with Crippen molar-refractivity contribution in [2.75, 3.05) is 11.5 Å². The monoisotopic (exact) mass is 439 g/mol. The molecular formula is C26H21N3O2S. The van der Waals surface area contributed by atoms with E-state index in [2.05, 4.69) is 4.98 Å². The highest BCUT2D eigenvalue weighted by Gasteiger charge is 2.23. The number of hydrogen-bond donors (Lipinski definition) is 0. The number of benzene rings is 3. The molecule has 6 heteroatoms. The molecule has 0 N–H and O–H groups in total. The first-order valence-corrected chi connectivity index (χ1v) is 11.3. The molecule has 1 amide bonds. The maximum absolute atomic E-state index is 13.9. The Morgan fingerprint density at radius 2 is 1.84 bits per heavy atom. The van der Waals surface area contributed by atoms with Crippen molar-refractivity contribution in [3.63, 3.8) is 0 Å². The predicted octanol–water partition coefficient (Wildman–Crippen LogP) is 6.09. The molecule has 5 aromatic rings. The maximum Gasteiger partial charge on any atom is 0.261 e. The zero-order chi connectivity index (χ0) is 21.9. The predicted molar refractivity (Wildman–Crippen MR) is 129 cm³/mol. The van der Waals surface area contributed by atoms with E-state index in [1.807, 2.05) is 85.8 Å². The highest BCUT2D eigenvalue weighted by Crippen LogP contribution is 2.33. The van der Waals surface area contributed by atoms with Crippen LogP contribution in [-0.4, -0.2) is 22.5 Å². The van der Waals surface area contributed by atoms with Crippen LogP contribution in [0.1, 0.15) is 23.0 Å². The van der Waals surface area contributed by atoms with Crippen molar-refractivity contribution in [2.24, 2.45) is 0 Å². The fourth-order valence-corrected chi connectivity index (χ4v) is 4.69. The molecule has 0 fully saturated rings. The van der Waals surface area contributed by atoms with Gasteiger partial charge < -0.3 is 4.74 Å². The third kappa shape index (κ3) is 3.92. The first kappa shape index (κ1) is 20.2. The van der Waals surface area contributed by atoms with Gasteiger partial charge in [-0.3, -0.25) is 14.7 Å². The molecule has 3 aromatic carbocycles. The quantitative estimate of drug-likeness (QED) is 0.321. The molecule has 32 heavy (non-hydrogen) atoms. The van der Waals surface area contributed by atoms with Crippen molar-refractivity contribution in [2.45, 2.75) is 13.5 Å². The molecule has 0 spiro atoms. The smallest absolute Gasteiger partial charge is 0.261 e. The number of thiazole rings is 1. The fraction of sp³-hybridized carbons (Fsp3) is 0.115. The van der Waals surface area contributed by atoms with Gasteiger partial charge in [-0.05, 0) is 54.1 Å². The number of anilines is 1. The van der Waals surface area contributed by atoms with Crippen LogP contribution in [0, 0.1) is 0 Å². The molecule has 5 rings (SSSR count). The Kier molecular flexibility index (Phi) is 5.52. The highest BCUT2D eigenvalue weighted by atomic mass is 32.1. The number of carbonyl (C=O) groups is 1. The Morgan fingerprint density at radius 3 is 2.69 bits per heavy atom. The highest BCUT2D eigenvalue weighted by molar-refractivity contribution is 7.22. The van der Waals surface area contributed by atoms with Crippen molar-refractivity contribution in [1.29, 1.82) is 0 Å².